The maximum absolute atomic E-state index is 13.4. The van der Waals surface area contributed by atoms with Crippen LogP contribution in [0.5, 0.6) is 11.5 Å². The minimum absolute atomic E-state index is 0. The highest BCUT2D eigenvalue weighted by Crippen LogP contribution is 2.33. The summed E-state index contributed by atoms with van der Waals surface area (Å²) in [5.74, 6) is 1.24. The van der Waals surface area contributed by atoms with E-state index in [9.17, 15) is 8.42 Å². The van der Waals surface area contributed by atoms with Crippen LogP contribution in [0.2, 0.25) is 0 Å². The molecular weight excluding hydrogens is 470 g/mol. The molecule has 0 unspecified atom stereocenters. The summed E-state index contributed by atoms with van der Waals surface area (Å²) in [5.41, 5.74) is 1.50. The van der Waals surface area contributed by atoms with Crippen LogP contribution in [-0.4, -0.2) is 34.6 Å². The second-order valence-electron chi connectivity index (χ2n) is 7.91. The zero-order valence-electron chi connectivity index (χ0n) is 18.5. The number of hydrogen-bond donors (Lipinski definition) is 2. The molecule has 0 radical (unpaired) electrons. The van der Waals surface area contributed by atoms with Crippen molar-refractivity contribution in [3.8, 4) is 11.5 Å². The number of benzene rings is 4. The zero-order chi connectivity index (χ0) is 22.7. The van der Waals surface area contributed by atoms with Crippen LogP contribution >= 0.6 is 12.4 Å². The Labute approximate surface area is 206 Å². The molecule has 1 saturated heterocycles. The van der Waals surface area contributed by atoms with Crippen molar-refractivity contribution in [3.63, 3.8) is 0 Å². The first-order valence-electron chi connectivity index (χ1n) is 10.9. The Bertz CT molecular complexity index is 1370. The Hall–Kier alpha value is -3.26. The Balaban J connectivity index is 0.00000274. The number of rotatable bonds is 6. The van der Waals surface area contributed by atoms with Crippen LogP contribution in [0.3, 0.4) is 0 Å². The molecular formula is C26H26ClN3O3S. The van der Waals surface area contributed by atoms with E-state index in [-0.39, 0.29) is 17.3 Å². The molecule has 0 saturated carbocycles. The third kappa shape index (κ3) is 5.12. The summed E-state index contributed by atoms with van der Waals surface area (Å²) in [4.78, 5) is 2.55. The number of fused-ring (bicyclic) bond motifs is 1. The van der Waals surface area contributed by atoms with Crippen molar-refractivity contribution >= 4 is 44.6 Å². The van der Waals surface area contributed by atoms with Crippen molar-refractivity contribution in [3.05, 3.63) is 91.0 Å². The van der Waals surface area contributed by atoms with Gasteiger partial charge in [0.1, 0.15) is 11.5 Å². The number of hydrogen-bond acceptors (Lipinski definition) is 5. The third-order valence-corrected chi connectivity index (χ3v) is 7.11. The van der Waals surface area contributed by atoms with Gasteiger partial charge in [-0.05, 0) is 36.4 Å². The summed E-state index contributed by atoms with van der Waals surface area (Å²) in [6, 6.07) is 27.6. The van der Waals surface area contributed by atoms with Crippen molar-refractivity contribution in [2.45, 2.75) is 4.90 Å². The van der Waals surface area contributed by atoms with Crippen LogP contribution in [0.15, 0.2) is 95.9 Å². The van der Waals surface area contributed by atoms with E-state index in [1.165, 1.54) is 0 Å². The van der Waals surface area contributed by atoms with Crippen LogP contribution in [0.4, 0.5) is 11.4 Å². The molecule has 176 valence electrons. The van der Waals surface area contributed by atoms with Crippen molar-refractivity contribution in [1.29, 1.82) is 0 Å². The molecule has 1 fully saturated rings. The molecule has 2 N–H and O–H groups in total. The first-order valence-corrected chi connectivity index (χ1v) is 12.4. The van der Waals surface area contributed by atoms with Crippen molar-refractivity contribution in [2.24, 2.45) is 0 Å². The number of anilines is 2. The zero-order valence-corrected chi connectivity index (χ0v) is 20.1. The van der Waals surface area contributed by atoms with E-state index >= 15 is 0 Å². The van der Waals surface area contributed by atoms with Crippen molar-refractivity contribution in [2.75, 3.05) is 35.8 Å². The molecule has 0 aliphatic carbocycles. The summed E-state index contributed by atoms with van der Waals surface area (Å²) < 4.78 is 35.4. The minimum Gasteiger partial charge on any atom is -0.457 e. The fourth-order valence-corrected chi connectivity index (χ4v) is 5.39. The molecule has 5 rings (SSSR count). The van der Waals surface area contributed by atoms with Gasteiger partial charge < -0.3 is 15.0 Å². The number of para-hydroxylation sites is 1. The number of ether oxygens (including phenoxy) is 1. The van der Waals surface area contributed by atoms with Gasteiger partial charge in [-0.25, -0.2) is 8.42 Å². The first-order chi connectivity index (χ1) is 16.1. The predicted molar refractivity (Wildman–Crippen MR) is 140 cm³/mol. The minimum atomic E-state index is -3.81. The third-order valence-electron chi connectivity index (χ3n) is 5.67. The Morgan fingerprint density at radius 3 is 2.21 bits per heavy atom. The van der Waals surface area contributed by atoms with Gasteiger partial charge in [-0.2, -0.15) is 0 Å². The predicted octanol–water partition coefficient (Wildman–Crippen LogP) is 5.26. The Morgan fingerprint density at radius 2 is 1.44 bits per heavy atom. The van der Waals surface area contributed by atoms with E-state index in [2.05, 4.69) is 14.9 Å². The number of sulfonamides is 1. The molecule has 0 bridgehead atoms. The number of nitrogens with one attached hydrogen (secondary N) is 2. The highest BCUT2D eigenvalue weighted by Gasteiger charge is 2.21. The summed E-state index contributed by atoms with van der Waals surface area (Å²) in [6.07, 6.45) is 0. The van der Waals surface area contributed by atoms with E-state index in [1.54, 1.807) is 30.3 Å². The number of halogens is 1. The Morgan fingerprint density at radius 1 is 0.765 bits per heavy atom. The highest BCUT2D eigenvalue weighted by molar-refractivity contribution is 7.93. The van der Waals surface area contributed by atoms with E-state index in [0.717, 1.165) is 37.3 Å². The second kappa shape index (κ2) is 10.3. The second-order valence-corrected chi connectivity index (χ2v) is 9.56. The van der Waals surface area contributed by atoms with E-state index in [1.807, 2.05) is 60.7 Å². The summed E-state index contributed by atoms with van der Waals surface area (Å²) >= 11 is 0. The first kappa shape index (κ1) is 23.9. The summed E-state index contributed by atoms with van der Waals surface area (Å²) in [7, 11) is -3.81. The summed E-state index contributed by atoms with van der Waals surface area (Å²) in [5, 5.41) is 5.00. The monoisotopic (exact) mass is 495 g/mol. The molecule has 1 heterocycles. The van der Waals surface area contributed by atoms with Gasteiger partial charge in [0.2, 0.25) is 0 Å². The quantitative estimate of drug-likeness (QED) is 0.381. The smallest absolute Gasteiger partial charge is 0.262 e. The van der Waals surface area contributed by atoms with E-state index in [4.69, 9.17) is 4.74 Å². The SMILES string of the molecule is Cl.O=S(=O)(Nc1cccc(Oc2ccccc2)c1)c1ccc(N2CCNCC2)c2ccccc12. The maximum Gasteiger partial charge on any atom is 0.262 e. The Kier molecular flexibility index (Phi) is 7.26. The highest BCUT2D eigenvalue weighted by atomic mass is 35.5. The molecule has 8 heteroatoms. The lowest BCUT2D eigenvalue weighted by molar-refractivity contribution is 0.483. The van der Waals surface area contributed by atoms with Crippen LogP contribution in [-0.2, 0) is 10.0 Å². The number of piperazine rings is 1. The van der Waals surface area contributed by atoms with Crippen LogP contribution < -0.4 is 19.7 Å². The average molecular weight is 496 g/mol. The van der Waals surface area contributed by atoms with Gasteiger partial charge in [-0.3, -0.25) is 4.72 Å². The largest absolute Gasteiger partial charge is 0.457 e. The van der Waals surface area contributed by atoms with E-state index in [0.29, 0.717) is 22.6 Å². The summed E-state index contributed by atoms with van der Waals surface area (Å²) in [6.45, 7) is 3.61. The molecule has 34 heavy (non-hydrogen) atoms. The maximum atomic E-state index is 13.4. The lowest BCUT2D eigenvalue weighted by Crippen LogP contribution is -2.43. The van der Waals surface area contributed by atoms with Crippen molar-refractivity contribution < 1.29 is 13.2 Å². The van der Waals surface area contributed by atoms with Gasteiger partial charge in [0.15, 0.2) is 0 Å². The molecule has 0 aromatic heterocycles. The topological polar surface area (TPSA) is 70.7 Å². The van der Waals surface area contributed by atoms with Crippen LogP contribution in [0, 0.1) is 0 Å². The van der Waals surface area contributed by atoms with Crippen LogP contribution in [0.1, 0.15) is 0 Å². The molecule has 1 aliphatic rings. The van der Waals surface area contributed by atoms with E-state index < -0.39 is 10.0 Å². The van der Waals surface area contributed by atoms with Gasteiger partial charge in [-0.15, -0.1) is 12.4 Å². The van der Waals surface area contributed by atoms with Gasteiger partial charge in [0.05, 0.1) is 10.6 Å². The lowest BCUT2D eigenvalue weighted by atomic mass is 10.1. The molecule has 1 aliphatic heterocycles. The molecule has 4 aromatic carbocycles. The van der Waals surface area contributed by atoms with Gasteiger partial charge in [0.25, 0.3) is 10.0 Å². The lowest BCUT2D eigenvalue weighted by Gasteiger charge is -2.30. The standard InChI is InChI=1S/C26H25N3O3S.ClH/c30-33(31,28-20-7-6-10-22(19-20)32-21-8-2-1-3-9-21)26-14-13-25(29-17-15-27-16-18-29)23-11-4-5-12-24(23)26;/h1-14,19,27-28H,15-18H2;1H. The normalized spacial score (nSPS) is 13.8. The van der Waals surface area contributed by atoms with Crippen LogP contribution in [0.25, 0.3) is 10.8 Å². The van der Waals surface area contributed by atoms with Crippen molar-refractivity contribution in [1.82, 2.24) is 5.32 Å². The molecule has 6 nitrogen and oxygen atoms in total. The molecule has 4 aromatic rings. The van der Waals surface area contributed by atoms with Gasteiger partial charge in [0, 0.05) is 48.7 Å². The molecule has 0 amide bonds. The van der Waals surface area contributed by atoms with Gasteiger partial charge >= 0.3 is 0 Å². The molecule has 0 spiro atoms. The number of nitrogens with zero attached hydrogens (tertiary/aromatic N) is 1. The fourth-order valence-electron chi connectivity index (χ4n) is 4.13. The molecule has 0 atom stereocenters. The average Bonchev–Trinajstić information content (AvgIpc) is 2.84. The fraction of sp³-hybridized carbons (Fsp3) is 0.154. The van der Waals surface area contributed by atoms with Gasteiger partial charge in [-0.1, -0.05) is 48.5 Å².